The molecular formula is C32H27F7N4O3. The molecule has 3 aromatic carbocycles. The molecule has 3 unspecified atom stereocenters. The number of hydrogen-bond acceptors (Lipinski definition) is 4. The number of nitriles is 1. The fraction of sp³-hybridized carbons (Fsp3) is 0.344. The number of rotatable bonds is 6. The van der Waals surface area contributed by atoms with Crippen LogP contribution < -0.4 is 10.6 Å². The molecule has 0 aliphatic carbocycles. The molecule has 0 bridgehead atoms. The zero-order chi connectivity index (χ0) is 33.4. The highest BCUT2D eigenvalue weighted by Crippen LogP contribution is 2.44. The minimum atomic E-state index is -5.04. The number of nitrogens with one attached hydrogen (secondary N) is 2. The van der Waals surface area contributed by atoms with E-state index in [9.17, 15) is 40.3 Å². The number of nitrogens with zero attached hydrogens (tertiary/aromatic N) is 2. The van der Waals surface area contributed by atoms with Crippen LogP contribution in [0.25, 0.3) is 0 Å². The average Bonchev–Trinajstić information content (AvgIpc) is 3.35. The number of benzene rings is 3. The van der Waals surface area contributed by atoms with Crippen LogP contribution in [0.5, 0.6) is 0 Å². The number of alkyl halides is 6. The van der Waals surface area contributed by atoms with E-state index < -0.39 is 65.5 Å². The predicted octanol–water partition coefficient (Wildman–Crippen LogP) is 7.16. The Kier molecular flexibility index (Phi) is 8.99. The van der Waals surface area contributed by atoms with E-state index in [-0.39, 0.29) is 36.9 Å². The van der Waals surface area contributed by atoms with Crippen LogP contribution in [0.1, 0.15) is 59.6 Å². The predicted molar refractivity (Wildman–Crippen MR) is 151 cm³/mol. The molecule has 2 saturated heterocycles. The van der Waals surface area contributed by atoms with Crippen molar-refractivity contribution in [2.24, 2.45) is 0 Å². The fourth-order valence-electron chi connectivity index (χ4n) is 6.04. The number of urea groups is 1. The Hall–Kier alpha value is -4.64. The van der Waals surface area contributed by atoms with E-state index in [4.69, 9.17) is 10.00 Å². The first kappa shape index (κ1) is 32.7. The summed E-state index contributed by atoms with van der Waals surface area (Å²) >= 11 is 0. The molecule has 7 nitrogen and oxygen atoms in total. The van der Waals surface area contributed by atoms with Gasteiger partial charge >= 0.3 is 18.4 Å². The lowest BCUT2D eigenvalue weighted by Gasteiger charge is -2.37. The Morgan fingerprint density at radius 1 is 0.978 bits per heavy atom. The standard InChI is InChI=1S/C32H27F7N4O3/c1-17(20-10-21(31(34,35)36)12-22(11-20)32(37,38)39)46-27-16-43-26(29(27)19-4-6-23(33)7-5-19)13-25(14-28(43)44)42-30(45)41-24-8-2-18(15-40)3-9-24/h2-12,17,25-27,29H,13-14,16H2,1H3,(H2,41,42,45)/t17-,25?,26?,27+,29?/m1/s1. The Morgan fingerprint density at radius 2 is 1.59 bits per heavy atom. The number of piperidine rings is 1. The topological polar surface area (TPSA) is 94.5 Å². The molecule has 5 atom stereocenters. The molecule has 2 aliphatic heterocycles. The first-order valence-electron chi connectivity index (χ1n) is 14.2. The molecule has 0 spiro atoms. The lowest BCUT2D eigenvalue weighted by Crippen LogP contribution is -2.52. The number of ether oxygens (including phenoxy) is 1. The van der Waals surface area contributed by atoms with Crippen molar-refractivity contribution in [2.45, 2.75) is 62.3 Å². The summed E-state index contributed by atoms with van der Waals surface area (Å²) in [5.74, 6) is -1.53. The van der Waals surface area contributed by atoms with Crippen LogP contribution in [-0.4, -0.2) is 41.6 Å². The second-order valence-electron chi connectivity index (χ2n) is 11.3. The maximum atomic E-state index is 13.8. The van der Waals surface area contributed by atoms with Gasteiger partial charge in [-0.1, -0.05) is 12.1 Å². The molecule has 242 valence electrons. The maximum Gasteiger partial charge on any atom is 0.416 e. The van der Waals surface area contributed by atoms with Gasteiger partial charge in [-0.05, 0) is 79.1 Å². The van der Waals surface area contributed by atoms with E-state index in [1.54, 1.807) is 12.1 Å². The molecule has 3 amide bonds. The first-order chi connectivity index (χ1) is 21.6. The van der Waals surface area contributed by atoms with E-state index in [1.807, 2.05) is 6.07 Å². The van der Waals surface area contributed by atoms with Gasteiger partial charge in [-0.25, -0.2) is 9.18 Å². The van der Waals surface area contributed by atoms with Gasteiger partial charge < -0.3 is 20.3 Å². The highest BCUT2D eigenvalue weighted by atomic mass is 19.4. The minimum absolute atomic E-state index is 0.0227. The van der Waals surface area contributed by atoms with Gasteiger partial charge in [0.25, 0.3) is 0 Å². The third-order valence-corrected chi connectivity index (χ3v) is 8.18. The van der Waals surface area contributed by atoms with Gasteiger partial charge in [0.1, 0.15) is 5.82 Å². The van der Waals surface area contributed by atoms with Crippen LogP contribution in [0, 0.1) is 17.1 Å². The summed E-state index contributed by atoms with van der Waals surface area (Å²) in [5, 5.41) is 14.4. The van der Waals surface area contributed by atoms with Gasteiger partial charge in [0.2, 0.25) is 5.91 Å². The minimum Gasteiger partial charge on any atom is -0.368 e. The molecule has 2 fully saturated rings. The van der Waals surface area contributed by atoms with Gasteiger partial charge in [-0.2, -0.15) is 31.6 Å². The third-order valence-electron chi connectivity index (χ3n) is 8.18. The lowest BCUT2D eigenvalue weighted by atomic mass is 9.84. The van der Waals surface area contributed by atoms with Crippen molar-refractivity contribution >= 4 is 17.6 Å². The SMILES string of the molecule is C[C@@H](O[C@H]1CN2C(=O)CC(NC(=O)Nc3ccc(C#N)cc3)CC2C1c1ccc(F)cc1)c1cc(C(F)(F)F)cc(C(F)(F)F)c1. The van der Waals surface area contributed by atoms with Crippen molar-refractivity contribution in [1.29, 1.82) is 5.26 Å². The molecule has 3 aromatic rings. The summed E-state index contributed by atoms with van der Waals surface area (Å²) in [6.45, 7) is 1.31. The molecule has 0 aromatic heterocycles. The van der Waals surface area contributed by atoms with Crippen LogP contribution in [0.2, 0.25) is 0 Å². The van der Waals surface area contributed by atoms with Gasteiger partial charge in [-0.15, -0.1) is 0 Å². The van der Waals surface area contributed by atoms with Crippen LogP contribution >= 0.6 is 0 Å². The van der Waals surface area contributed by atoms with Crippen LogP contribution in [0.3, 0.4) is 0 Å². The second kappa shape index (κ2) is 12.6. The summed E-state index contributed by atoms with van der Waals surface area (Å²) in [4.78, 5) is 27.6. The van der Waals surface area contributed by atoms with Crippen molar-refractivity contribution in [3.8, 4) is 6.07 Å². The van der Waals surface area contributed by atoms with E-state index in [0.717, 1.165) is 0 Å². The number of halogens is 7. The van der Waals surface area contributed by atoms with Crippen molar-refractivity contribution in [3.05, 3.63) is 100 Å². The van der Waals surface area contributed by atoms with Crippen LogP contribution in [0.4, 0.5) is 41.2 Å². The van der Waals surface area contributed by atoms with Gasteiger partial charge in [-0.3, -0.25) is 4.79 Å². The van der Waals surface area contributed by atoms with Crippen molar-refractivity contribution < 1.29 is 45.1 Å². The molecule has 5 rings (SSSR count). The molecule has 0 saturated carbocycles. The molecule has 0 radical (unpaired) electrons. The van der Waals surface area contributed by atoms with Gasteiger partial charge in [0.05, 0.1) is 35.0 Å². The van der Waals surface area contributed by atoms with Crippen molar-refractivity contribution in [2.75, 3.05) is 11.9 Å². The number of hydrogen-bond donors (Lipinski definition) is 2. The zero-order valence-electron chi connectivity index (χ0n) is 24.1. The summed E-state index contributed by atoms with van der Waals surface area (Å²) < 4.78 is 101. The Bertz CT molecular complexity index is 1600. The quantitative estimate of drug-likeness (QED) is 0.278. The van der Waals surface area contributed by atoms with Crippen LogP contribution in [0.15, 0.2) is 66.7 Å². The summed E-state index contributed by atoms with van der Waals surface area (Å²) in [5.41, 5.74) is -1.95. The molecule has 2 aliphatic rings. The van der Waals surface area contributed by atoms with E-state index in [0.29, 0.717) is 28.9 Å². The normalized spacial score (nSPS) is 22.2. The Balaban J connectivity index is 1.39. The molecule has 14 heteroatoms. The smallest absolute Gasteiger partial charge is 0.368 e. The monoisotopic (exact) mass is 648 g/mol. The Labute approximate surface area is 258 Å². The van der Waals surface area contributed by atoms with E-state index in [2.05, 4.69) is 10.6 Å². The fourth-order valence-corrected chi connectivity index (χ4v) is 6.04. The van der Waals surface area contributed by atoms with Gasteiger partial charge in [0.15, 0.2) is 0 Å². The summed E-state index contributed by atoms with van der Waals surface area (Å²) in [7, 11) is 0. The lowest BCUT2D eigenvalue weighted by molar-refractivity contribution is -0.143. The third kappa shape index (κ3) is 7.25. The number of carbonyl (C=O) groups excluding carboxylic acids is 2. The number of carbonyl (C=O) groups is 2. The number of anilines is 1. The van der Waals surface area contributed by atoms with Crippen LogP contribution in [-0.2, 0) is 21.9 Å². The maximum absolute atomic E-state index is 13.8. The molecule has 2 heterocycles. The Morgan fingerprint density at radius 3 is 2.15 bits per heavy atom. The molecular weight excluding hydrogens is 621 g/mol. The number of amides is 3. The van der Waals surface area contributed by atoms with E-state index >= 15 is 0 Å². The van der Waals surface area contributed by atoms with Gasteiger partial charge in [0, 0.05) is 36.7 Å². The largest absolute Gasteiger partial charge is 0.416 e. The zero-order valence-corrected chi connectivity index (χ0v) is 24.1. The number of fused-ring (bicyclic) bond motifs is 1. The van der Waals surface area contributed by atoms with Crippen molar-refractivity contribution in [1.82, 2.24) is 10.2 Å². The van der Waals surface area contributed by atoms with E-state index in [1.165, 1.54) is 48.2 Å². The highest BCUT2D eigenvalue weighted by Gasteiger charge is 2.49. The first-order valence-corrected chi connectivity index (χ1v) is 14.2. The summed E-state index contributed by atoms with van der Waals surface area (Å²) in [6.07, 6.45) is -12.0. The van der Waals surface area contributed by atoms with Crippen molar-refractivity contribution in [3.63, 3.8) is 0 Å². The molecule has 2 N–H and O–H groups in total. The molecule has 46 heavy (non-hydrogen) atoms. The average molecular weight is 649 g/mol. The second-order valence-corrected chi connectivity index (χ2v) is 11.3. The summed E-state index contributed by atoms with van der Waals surface area (Å²) in [6, 6.07) is 12.9. The highest BCUT2D eigenvalue weighted by molar-refractivity contribution is 5.90.